The highest BCUT2D eigenvalue weighted by Crippen LogP contribution is 2.51. The zero-order valence-corrected chi connectivity index (χ0v) is 16.8. The van der Waals surface area contributed by atoms with E-state index in [9.17, 15) is 14.7 Å². The fourth-order valence-electron chi connectivity index (χ4n) is 4.13. The molecule has 2 aromatic carbocycles. The van der Waals surface area contributed by atoms with E-state index < -0.39 is 11.6 Å². The summed E-state index contributed by atoms with van der Waals surface area (Å²) in [5, 5.41) is 9.88. The predicted octanol–water partition coefficient (Wildman–Crippen LogP) is 3.10. The average molecular weight is 393 g/mol. The second-order valence-electron chi connectivity index (χ2n) is 8.03. The standard InChI is InChI=1S/C23H27N3O3/c1-24-13-15-25(16-14-24)21(27)17-26(22(28)29)23(11-12-23)20-9-7-19(8-10-20)18-5-3-2-4-6-18/h2-10H,11-17H2,1H3,(H,28,29). The van der Waals surface area contributed by atoms with Crippen LogP contribution in [0.2, 0.25) is 0 Å². The van der Waals surface area contributed by atoms with Gasteiger partial charge in [0.1, 0.15) is 6.54 Å². The van der Waals surface area contributed by atoms with Gasteiger partial charge in [0.2, 0.25) is 5.91 Å². The lowest BCUT2D eigenvalue weighted by Gasteiger charge is -2.35. The smallest absolute Gasteiger partial charge is 0.408 e. The van der Waals surface area contributed by atoms with Crippen molar-refractivity contribution in [3.05, 3.63) is 60.2 Å². The minimum Gasteiger partial charge on any atom is -0.465 e. The Hall–Kier alpha value is -2.86. The summed E-state index contributed by atoms with van der Waals surface area (Å²) in [6, 6.07) is 18.2. The van der Waals surface area contributed by atoms with Crippen LogP contribution >= 0.6 is 0 Å². The zero-order chi connectivity index (χ0) is 20.4. The van der Waals surface area contributed by atoms with E-state index in [2.05, 4.69) is 17.0 Å². The van der Waals surface area contributed by atoms with Gasteiger partial charge in [-0.15, -0.1) is 0 Å². The first-order valence-corrected chi connectivity index (χ1v) is 10.1. The summed E-state index contributed by atoms with van der Waals surface area (Å²) in [5.41, 5.74) is 2.61. The van der Waals surface area contributed by atoms with Crippen LogP contribution in [0.4, 0.5) is 4.79 Å². The Labute approximate surface area is 171 Å². The highest BCUT2D eigenvalue weighted by Gasteiger charge is 2.52. The number of benzene rings is 2. The van der Waals surface area contributed by atoms with E-state index in [0.29, 0.717) is 13.1 Å². The number of nitrogens with zero attached hydrogens (tertiary/aromatic N) is 3. The first-order valence-electron chi connectivity index (χ1n) is 10.1. The summed E-state index contributed by atoms with van der Waals surface area (Å²) in [6.45, 7) is 2.87. The van der Waals surface area contributed by atoms with Gasteiger partial charge >= 0.3 is 6.09 Å². The highest BCUT2D eigenvalue weighted by molar-refractivity contribution is 5.83. The maximum Gasteiger partial charge on any atom is 0.408 e. The number of carboxylic acid groups (broad SMARTS) is 1. The van der Waals surface area contributed by atoms with Gasteiger partial charge in [0.05, 0.1) is 5.54 Å². The van der Waals surface area contributed by atoms with Gasteiger partial charge < -0.3 is 14.9 Å². The number of hydrogen-bond acceptors (Lipinski definition) is 3. The Kier molecular flexibility index (Phi) is 5.28. The number of hydrogen-bond donors (Lipinski definition) is 1. The van der Waals surface area contributed by atoms with Crippen LogP contribution < -0.4 is 0 Å². The van der Waals surface area contributed by atoms with Crippen molar-refractivity contribution in [1.82, 2.24) is 14.7 Å². The minimum absolute atomic E-state index is 0.0838. The Morgan fingerprint density at radius 1 is 0.931 bits per heavy atom. The Balaban J connectivity index is 1.51. The molecule has 6 heteroatoms. The van der Waals surface area contributed by atoms with Crippen molar-refractivity contribution >= 4 is 12.0 Å². The van der Waals surface area contributed by atoms with Crippen molar-refractivity contribution in [3.8, 4) is 11.1 Å². The van der Waals surface area contributed by atoms with Crippen molar-refractivity contribution in [2.24, 2.45) is 0 Å². The lowest BCUT2D eigenvalue weighted by molar-refractivity contribution is -0.134. The molecule has 0 aromatic heterocycles. The maximum atomic E-state index is 12.8. The van der Waals surface area contributed by atoms with Gasteiger partial charge in [0.15, 0.2) is 0 Å². The Morgan fingerprint density at radius 2 is 1.52 bits per heavy atom. The number of piperazine rings is 1. The molecular weight excluding hydrogens is 366 g/mol. The van der Waals surface area contributed by atoms with Crippen LogP contribution in [-0.2, 0) is 10.3 Å². The average Bonchev–Trinajstić information content (AvgIpc) is 3.54. The van der Waals surface area contributed by atoms with Crippen molar-refractivity contribution in [2.75, 3.05) is 39.8 Å². The van der Waals surface area contributed by atoms with Crippen molar-refractivity contribution in [2.45, 2.75) is 18.4 Å². The molecule has 1 N–H and O–H groups in total. The molecule has 6 nitrogen and oxygen atoms in total. The van der Waals surface area contributed by atoms with E-state index in [1.807, 2.05) is 49.5 Å². The van der Waals surface area contributed by atoms with Gasteiger partial charge in [-0.2, -0.15) is 0 Å². The summed E-state index contributed by atoms with van der Waals surface area (Å²) in [5.74, 6) is -0.104. The number of carbonyl (C=O) groups excluding carboxylic acids is 1. The summed E-state index contributed by atoms with van der Waals surface area (Å²) in [4.78, 5) is 30.1. The molecular formula is C23H27N3O3. The molecule has 0 spiro atoms. The molecule has 2 aliphatic rings. The third-order valence-corrected chi connectivity index (χ3v) is 6.15. The number of carbonyl (C=O) groups is 2. The topological polar surface area (TPSA) is 64.1 Å². The first kappa shape index (κ1) is 19.5. The lowest BCUT2D eigenvalue weighted by Crippen LogP contribution is -2.52. The van der Waals surface area contributed by atoms with Crippen LogP contribution in [0.1, 0.15) is 18.4 Å². The summed E-state index contributed by atoms with van der Waals surface area (Å²) < 4.78 is 0. The molecule has 0 radical (unpaired) electrons. The largest absolute Gasteiger partial charge is 0.465 e. The quantitative estimate of drug-likeness (QED) is 0.848. The van der Waals surface area contributed by atoms with Gasteiger partial charge in [-0.25, -0.2) is 4.79 Å². The number of amides is 2. The van der Waals surface area contributed by atoms with Crippen LogP contribution in [0.15, 0.2) is 54.6 Å². The molecule has 1 aliphatic carbocycles. The van der Waals surface area contributed by atoms with E-state index in [1.54, 1.807) is 4.90 Å². The van der Waals surface area contributed by atoms with Gasteiger partial charge in [-0.1, -0.05) is 54.6 Å². The van der Waals surface area contributed by atoms with Crippen molar-refractivity contribution < 1.29 is 14.7 Å². The molecule has 1 saturated heterocycles. The molecule has 2 fully saturated rings. The Bertz CT molecular complexity index is 870. The van der Waals surface area contributed by atoms with Crippen molar-refractivity contribution in [3.63, 3.8) is 0 Å². The van der Waals surface area contributed by atoms with Gasteiger partial charge in [-0.3, -0.25) is 9.69 Å². The van der Waals surface area contributed by atoms with Gasteiger partial charge in [0.25, 0.3) is 0 Å². The molecule has 29 heavy (non-hydrogen) atoms. The molecule has 2 aromatic rings. The van der Waals surface area contributed by atoms with Crippen LogP contribution in [0, 0.1) is 0 Å². The fourth-order valence-corrected chi connectivity index (χ4v) is 4.13. The van der Waals surface area contributed by atoms with E-state index in [0.717, 1.165) is 42.6 Å². The lowest BCUT2D eigenvalue weighted by atomic mass is 9.98. The highest BCUT2D eigenvalue weighted by atomic mass is 16.4. The predicted molar refractivity (Wildman–Crippen MR) is 112 cm³/mol. The summed E-state index contributed by atoms with van der Waals surface area (Å²) >= 11 is 0. The van der Waals surface area contributed by atoms with Crippen LogP contribution in [-0.4, -0.2) is 71.6 Å². The number of rotatable bonds is 5. The first-order chi connectivity index (χ1) is 14.0. The van der Waals surface area contributed by atoms with E-state index in [4.69, 9.17) is 0 Å². The summed E-state index contributed by atoms with van der Waals surface area (Å²) in [7, 11) is 2.03. The van der Waals surface area contributed by atoms with Gasteiger partial charge in [0, 0.05) is 26.2 Å². The van der Waals surface area contributed by atoms with E-state index in [-0.39, 0.29) is 12.5 Å². The molecule has 0 bridgehead atoms. The summed E-state index contributed by atoms with van der Waals surface area (Å²) in [6.07, 6.45) is 0.470. The molecule has 4 rings (SSSR count). The molecule has 1 aliphatic heterocycles. The second-order valence-corrected chi connectivity index (χ2v) is 8.03. The Morgan fingerprint density at radius 3 is 2.07 bits per heavy atom. The van der Waals surface area contributed by atoms with Crippen LogP contribution in [0.25, 0.3) is 11.1 Å². The molecule has 2 amide bonds. The molecule has 1 saturated carbocycles. The second kappa shape index (κ2) is 7.87. The SMILES string of the molecule is CN1CCN(C(=O)CN(C(=O)O)C2(c3ccc(-c4ccccc4)cc3)CC2)CC1. The monoisotopic (exact) mass is 393 g/mol. The molecule has 0 unspecified atom stereocenters. The van der Waals surface area contributed by atoms with E-state index in [1.165, 1.54) is 4.90 Å². The maximum absolute atomic E-state index is 12.8. The molecule has 0 atom stereocenters. The van der Waals surface area contributed by atoms with Crippen LogP contribution in [0.5, 0.6) is 0 Å². The van der Waals surface area contributed by atoms with E-state index >= 15 is 0 Å². The number of likely N-dealkylation sites (N-methyl/N-ethyl adjacent to an activating group) is 1. The third-order valence-electron chi connectivity index (χ3n) is 6.15. The normalized spacial score (nSPS) is 18.3. The zero-order valence-electron chi connectivity index (χ0n) is 16.8. The van der Waals surface area contributed by atoms with Crippen molar-refractivity contribution in [1.29, 1.82) is 0 Å². The molecule has 1 heterocycles. The third kappa shape index (κ3) is 3.98. The van der Waals surface area contributed by atoms with Gasteiger partial charge in [-0.05, 0) is 36.6 Å². The molecule has 152 valence electrons. The fraction of sp³-hybridized carbons (Fsp3) is 0.391. The minimum atomic E-state index is -1.03. The van der Waals surface area contributed by atoms with Crippen LogP contribution in [0.3, 0.4) is 0 Å².